The predicted octanol–water partition coefficient (Wildman–Crippen LogP) is 1.30. The summed E-state index contributed by atoms with van der Waals surface area (Å²) in [5, 5.41) is 9.98. The van der Waals surface area contributed by atoms with Crippen LogP contribution in [-0.2, 0) is 43.0 Å². The summed E-state index contributed by atoms with van der Waals surface area (Å²) >= 11 is 0. The van der Waals surface area contributed by atoms with E-state index in [1.807, 2.05) is 0 Å². The molecule has 0 radical (unpaired) electrons. The number of ether oxygens (including phenoxy) is 1. The summed E-state index contributed by atoms with van der Waals surface area (Å²) in [6.07, 6.45) is -4.18. The van der Waals surface area contributed by atoms with Crippen molar-refractivity contribution in [1.82, 2.24) is 21.3 Å². The van der Waals surface area contributed by atoms with Gasteiger partial charge in [0.2, 0.25) is 23.6 Å². The number of primary amides is 1. The molecular formula is C30H34F3N5O6. The first-order valence-corrected chi connectivity index (χ1v) is 13.7. The molecule has 236 valence electrons. The quantitative estimate of drug-likeness (QED) is 0.242. The predicted molar refractivity (Wildman–Crippen MR) is 153 cm³/mol. The molecule has 0 spiro atoms. The highest BCUT2D eigenvalue weighted by atomic mass is 19.4. The number of carbonyl (C=O) groups is 5. The van der Waals surface area contributed by atoms with Crippen LogP contribution in [0.2, 0.25) is 0 Å². The van der Waals surface area contributed by atoms with Crippen LogP contribution < -0.4 is 31.7 Å². The number of fused-ring (bicyclic) bond motifs is 16. The van der Waals surface area contributed by atoms with Gasteiger partial charge in [-0.25, -0.2) is 0 Å². The highest BCUT2D eigenvalue weighted by molar-refractivity contribution is 5.94. The van der Waals surface area contributed by atoms with E-state index in [-0.39, 0.29) is 19.3 Å². The van der Waals surface area contributed by atoms with Crippen molar-refractivity contribution in [1.29, 1.82) is 0 Å². The second-order valence-corrected chi connectivity index (χ2v) is 10.5. The Hall–Kier alpha value is -4.88. The lowest BCUT2D eigenvalue weighted by molar-refractivity contribution is -0.137. The Kier molecular flexibility index (Phi) is 11.5. The minimum atomic E-state index is -4.55. The Morgan fingerprint density at radius 2 is 1.57 bits per heavy atom. The lowest BCUT2D eigenvalue weighted by Crippen LogP contribution is -2.55. The van der Waals surface area contributed by atoms with Gasteiger partial charge in [0, 0.05) is 12.8 Å². The van der Waals surface area contributed by atoms with Crippen LogP contribution in [0.4, 0.5) is 13.2 Å². The van der Waals surface area contributed by atoms with Crippen LogP contribution in [0, 0.1) is 0 Å². The van der Waals surface area contributed by atoms with Crippen molar-refractivity contribution in [3.8, 4) is 5.75 Å². The first kappa shape index (κ1) is 33.6. The van der Waals surface area contributed by atoms with E-state index in [9.17, 15) is 37.1 Å². The first-order valence-electron chi connectivity index (χ1n) is 13.7. The van der Waals surface area contributed by atoms with Crippen LogP contribution in [-0.4, -0.2) is 60.8 Å². The molecule has 14 heteroatoms. The fraction of sp³-hybridized carbons (Fsp3) is 0.367. The largest absolute Gasteiger partial charge is 0.484 e. The zero-order chi connectivity index (χ0) is 32.4. The second-order valence-electron chi connectivity index (χ2n) is 10.5. The van der Waals surface area contributed by atoms with Crippen LogP contribution in [0.5, 0.6) is 5.75 Å². The molecule has 2 heterocycles. The van der Waals surface area contributed by atoms with Gasteiger partial charge in [0.25, 0.3) is 5.91 Å². The fourth-order valence-corrected chi connectivity index (χ4v) is 4.31. The number of nitrogens with one attached hydrogen (secondary N) is 4. The molecule has 0 aliphatic carbocycles. The molecule has 2 aliphatic rings. The SMILES string of the molecule is C=C(C)CC[C@H]1NC(=O)CNC(=O)[C@@H](Cc2ccc(C(F)(F)F)cc2)NC(=O)COc2ccc(cc2)C[C@@H](C(N)=O)NC1=O. The van der Waals surface area contributed by atoms with Gasteiger partial charge >= 0.3 is 6.18 Å². The molecule has 11 nitrogen and oxygen atoms in total. The van der Waals surface area contributed by atoms with E-state index in [1.54, 1.807) is 31.2 Å². The van der Waals surface area contributed by atoms with Gasteiger partial charge in [0.1, 0.15) is 23.9 Å². The molecule has 0 saturated heterocycles. The number of hydrogen-bond donors (Lipinski definition) is 5. The van der Waals surface area contributed by atoms with E-state index in [0.717, 1.165) is 17.7 Å². The third kappa shape index (κ3) is 10.4. The van der Waals surface area contributed by atoms with E-state index in [0.29, 0.717) is 23.3 Å². The maximum atomic E-state index is 13.1. The van der Waals surface area contributed by atoms with Crippen molar-refractivity contribution in [3.05, 3.63) is 77.4 Å². The zero-order valence-corrected chi connectivity index (χ0v) is 24.0. The normalized spacial score (nSPS) is 20.5. The number of hydrogen-bond acceptors (Lipinski definition) is 6. The van der Waals surface area contributed by atoms with Gasteiger partial charge in [-0.15, -0.1) is 6.58 Å². The molecular weight excluding hydrogens is 583 g/mol. The third-order valence-electron chi connectivity index (χ3n) is 6.70. The molecule has 0 saturated carbocycles. The average Bonchev–Trinajstić information content (AvgIpc) is 2.96. The van der Waals surface area contributed by atoms with E-state index >= 15 is 0 Å². The number of benzene rings is 2. The molecule has 2 bridgehead atoms. The van der Waals surface area contributed by atoms with Gasteiger partial charge in [-0.3, -0.25) is 24.0 Å². The molecule has 0 fully saturated rings. The Bertz CT molecular complexity index is 1380. The maximum absolute atomic E-state index is 13.1. The minimum Gasteiger partial charge on any atom is -0.484 e. The molecule has 44 heavy (non-hydrogen) atoms. The van der Waals surface area contributed by atoms with Crippen LogP contribution in [0.15, 0.2) is 60.7 Å². The van der Waals surface area contributed by atoms with Gasteiger partial charge in [-0.05, 0) is 55.2 Å². The van der Waals surface area contributed by atoms with Gasteiger partial charge in [0.05, 0.1) is 12.1 Å². The first-order chi connectivity index (χ1) is 20.7. The van der Waals surface area contributed by atoms with Crippen molar-refractivity contribution >= 4 is 29.5 Å². The lowest BCUT2D eigenvalue weighted by atomic mass is 10.0. The molecule has 0 unspecified atom stereocenters. The standard InChI is InChI=1S/C30H34F3N5O6/c1-17(2)3-12-22-29(43)38-23(27(34)41)13-19-6-10-21(11-7-19)44-16-26(40)37-24(28(42)35-15-25(39)36-22)14-18-4-8-20(9-5-18)30(31,32)33/h4-11,22-24H,1,3,12-16H2,2H3,(H2,34,41)(H,35,42)(H,36,39)(H,37,40)(H,38,43)/t22-,23+,24-/m1/s1. The van der Waals surface area contributed by atoms with Gasteiger partial charge in [-0.1, -0.05) is 29.8 Å². The van der Waals surface area contributed by atoms with Gasteiger partial charge < -0.3 is 31.7 Å². The number of nitrogens with two attached hydrogens (primary N) is 1. The molecule has 5 amide bonds. The van der Waals surface area contributed by atoms with E-state index < -0.39 is 72.6 Å². The molecule has 3 atom stereocenters. The number of alkyl halides is 3. The molecule has 2 aromatic rings. The lowest BCUT2D eigenvalue weighted by Gasteiger charge is -2.23. The van der Waals surface area contributed by atoms with E-state index in [1.165, 1.54) is 12.1 Å². The maximum Gasteiger partial charge on any atom is 0.416 e. The summed E-state index contributed by atoms with van der Waals surface area (Å²) in [4.78, 5) is 63.8. The summed E-state index contributed by atoms with van der Waals surface area (Å²) in [6.45, 7) is 4.46. The van der Waals surface area contributed by atoms with Crippen molar-refractivity contribution in [3.63, 3.8) is 0 Å². The number of carbonyl (C=O) groups excluding carboxylic acids is 5. The Morgan fingerprint density at radius 1 is 0.932 bits per heavy atom. The van der Waals surface area contributed by atoms with Crippen molar-refractivity contribution in [2.75, 3.05) is 13.2 Å². The number of allylic oxidation sites excluding steroid dienone is 1. The summed E-state index contributed by atoms with van der Waals surface area (Å²) in [5.74, 6) is -3.41. The van der Waals surface area contributed by atoms with Crippen LogP contribution >= 0.6 is 0 Å². The highest BCUT2D eigenvalue weighted by Gasteiger charge is 2.31. The van der Waals surface area contributed by atoms with Crippen LogP contribution in [0.3, 0.4) is 0 Å². The topological polar surface area (TPSA) is 169 Å². The minimum absolute atomic E-state index is 0.0463. The monoisotopic (exact) mass is 617 g/mol. The summed E-state index contributed by atoms with van der Waals surface area (Å²) < 4.78 is 44.5. The van der Waals surface area contributed by atoms with Crippen LogP contribution in [0.25, 0.3) is 0 Å². The molecule has 0 aromatic heterocycles. The van der Waals surface area contributed by atoms with Crippen molar-refractivity contribution in [2.24, 2.45) is 5.73 Å². The van der Waals surface area contributed by atoms with Gasteiger partial charge in [-0.2, -0.15) is 13.2 Å². The third-order valence-corrected chi connectivity index (χ3v) is 6.70. The van der Waals surface area contributed by atoms with Gasteiger partial charge in [0.15, 0.2) is 6.61 Å². The van der Waals surface area contributed by atoms with Crippen molar-refractivity contribution < 1.29 is 41.9 Å². The molecule has 6 N–H and O–H groups in total. The Morgan fingerprint density at radius 3 is 2.16 bits per heavy atom. The van der Waals surface area contributed by atoms with Crippen molar-refractivity contribution in [2.45, 2.75) is 56.9 Å². The molecule has 4 rings (SSSR count). The zero-order valence-electron chi connectivity index (χ0n) is 24.0. The summed E-state index contributed by atoms with van der Waals surface area (Å²) in [6, 6.07) is 6.93. The summed E-state index contributed by atoms with van der Waals surface area (Å²) in [5.41, 5.74) is 6.33. The highest BCUT2D eigenvalue weighted by Crippen LogP contribution is 2.29. The number of amides is 5. The molecule has 2 aromatic carbocycles. The Balaban J connectivity index is 1.86. The number of rotatable bonds is 6. The van der Waals surface area contributed by atoms with Crippen LogP contribution in [0.1, 0.15) is 36.5 Å². The summed E-state index contributed by atoms with van der Waals surface area (Å²) in [7, 11) is 0. The number of halogens is 3. The van der Waals surface area contributed by atoms with E-state index in [4.69, 9.17) is 10.5 Å². The average molecular weight is 618 g/mol. The second kappa shape index (κ2) is 15.0. The Labute approximate surface area is 251 Å². The smallest absolute Gasteiger partial charge is 0.416 e. The molecule has 2 aliphatic heterocycles. The fourth-order valence-electron chi connectivity index (χ4n) is 4.31. The van der Waals surface area contributed by atoms with E-state index in [2.05, 4.69) is 27.8 Å².